The Bertz CT molecular complexity index is 155. The van der Waals surface area contributed by atoms with E-state index >= 15 is 0 Å². The zero-order chi connectivity index (χ0) is 9.90. The lowest BCUT2D eigenvalue weighted by Crippen LogP contribution is -2.46. The summed E-state index contributed by atoms with van der Waals surface area (Å²) in [5, 5.41) is 0. The van der Waals surface area contributed by atoms with Crippen LogP contribution in [0.25, 0.3) is 0 Å². The van der Waals surface area contributed by atoms with E-state index in [9.17, 15) is 0 Å². The fourth-order valence-electron chi connectivity index (χ4n) is 2.04. The smallest absolute Gasteiger partial charge is 0.0769 e. The van der Waals surface area contributed by atoms with Gasteiger partial charge in [0.25, 0.3) is 0 Å². The zero-order valence-electron chi connectivity index (χ0n) is 9.17. The van der Waals surface area contributed by atoms with Gasteiger partial charge in [0, 0.05) is 17.8 Å². The second kappa shape index (κ2) is 4.67. The van der Waals surface area contributed by atoms with Gasteiger partial charge in [0.2, 0.25) is 0 Å². The fourth-order valence-corrected chi connectivity index (χ4v) is 2.33. The van der Waals surface area contributed by atoms with Gasteiger partial charge in [-0.3, -0.25) is 4.90 Å². The average molecular weight is 203 g/mol. The Balaban J connectivity index is 2.44. The molecule has 1 aliphatic rings. The lowest BCUT2D eigenvalue weighted by atomic mass is 10.1. The summed E-state index contributed by atoms with van der Waals surface area (Å²) in [5.74, 6) is 0. The van der Waals surface area contributed by atoms with Crippen molar-refractivity contribution in [2.24, 2.45) is 0 Å². The van der Waals surface area contributed by atoms with Crippen molar-refractivity contribution in [2.45, 2.75) is 45.2 Å². The highest BCUT2D eigenvalue weighted by molar-refractivity contribution is 7.93. The summed E-state index contributed by atoms with van der Waals surface area (Å²) in [7, 11) is 0. The molecule has 1 rings (SSSR count). The maximum Gasteiger partial charge on any atom is 0.0769 e. The number of nitrogens with zero attached hydrogens (tertiary/aromatic N) is 1. The van der Waals surface area contributed by atoms with Crippen molar-refractivity contribution in [1.82, 2.24) is 4.90 Å². The first-order valence-electron chi connectivity index (χ1n) is 4.98. The molecule has 0 N–H and O–H groups in total. The van der Waals surface area contributed by atoms with Crippen LogP contribution in [0.1, 0.15) is 33.6 Å². The Kier molecular flexibility index (Phi) is 4.07. The van der Waals surface area contributed by atoms with E-state index in [0.29, 0.717) is 11.6 Å². The molecule has 0 amide bonds. The topological polar surface area (TPSA) is 12.5 Å². The maximum atomic E-state index is 5.42. The largest absolute Gasteiger partial charge is 0.314 e. The number of hydrogen-bond donors (Lipinski definition) is 0. The van der Waals surface area contributed by atoms with Crippen molar-refractivity contribution in [3.8, 4) is 0 Å². The number of hydrogen-bond acceptors (Lipinski definition) is 3. The highest BCUT2D eigenvalue weighted by Crippen LogP contribution is 2.26. The molecule has 3 heteroatoms. The second-order valence-electron chi connectivity index (χ2n) is 4.61. The Hall–Kier alpha value is 0.270. The minimum absolute atomic E-state index is 0.295. The minimum atomic E-state index is 0.295. The lowest BCUT2D eigenvalue weighted by Gasteiger charge is -2.36. The Morgan fingerprint density at radius 3 is 2.69 bits per heavy atom. The van der Waals surface area contributed by atoms with Gasteiger partial charge in [-0.15, -0.1) is 0 Å². The van der Waals surface area contributed by atoms with Gasteiger partial charge in [-0.2, -0.15) is 0 Å². The van der Waals surface area contributed by atoms with Crippen LogP contribution in [0.4, 0.5) is 0 Å². The summed E-state index contributed by atoms with van der Waals surface area (Å²) in [5.41, 5.74) is 0.295. The van der Waals surface area contributed by atoms with E-state index in [2.05, 4.69) is 25.7 Å². The van der Waals surface area contributed by atoms with Crippen LogP contribution in [0.15, 0.2) is 0 Å². The first-order valence-corrected chi connectivity index (χ1v) is 6.13. The summed E-state index contributed by atoms with van der Waals surface area (Å²) in [6.07, 6.45) is 4.59. The van der Waals surface area contributed by atoms with E-state index in [1.54, 1.807) is 0 Å². The molecule has 78 valence electrons. The van der Waals surface area contributed by atoms with Crippen LogP contribution >= 0.6 is 12.0 Å². The maximum absolute atomic E-state index is 5.42. The normalized spacial score (nSPS) is 25.4. The van der Waals surface area contributed by atoms with Crippen LogP contribution in [0.2, 0.25) is 0 Å². The van der Waals surface area contributed by atoms with Crippen LogP contribution in [-0.2, 0) is 4.18 Å². The molecule has 0 bridgehead atoms. The third kappa shape index (κ3) is 3.15. The van der Waals surface area contributed by atoms with Gasteiger partial charge in [-0.1, -0.05) is 0 Å². The van der Waals surface area contributed by atoms with E-state index < -0.39 is 0 Å². The number of rotatable bonds is 3. The molecule has 1 aliphatic heterocycles. The molecule has 0 aliphatic carbocycles. The molecule has 0 aromatic heterocycles. The third-order valence-corrected chi connectivity index (χ3v) is 2.99. The summed E-state index contributed by atoms with van der Waals surface area (Å²) in [6, 6.07) is 0.632. The first kappa shape index (κ1) is 11.3. The molecule has 1 atom stereocenters. The molecule has 13 heavy (non-hydrogen) atoms. The lowest BCUT2D eigenvalue weighted by molar-refractivity contribution is 0.0940. The van der Waals surface area contributed by atoms with Crippen molar-refractivity contribution < 1.29 is 4.18 Å². The van der Waals surface area contributed by atoms with Gasteiger partial charge < -0.3 is 4.18 Å². The van der Waals surface area contributed by atoms with Crippen LogP contribution < -0.4 is 0 Å². The Labute approximate surface area is 86.2 Å². The summed E-state index contributed by atoms with van der Waals surface area (Å²) >= 11 is 1.47. The summed E-state index contributed by atoms with van der Waals surface area (Å²) in [4.78, 5) is 2.56. The van der Waals surface area contributed by atoms with Gasteiger partial charge in [-0.05, 0) is 52.2 Å². The van der Waals surface area contributed by atoms with Crippen molar-refractivity contribution in [3.05, 3.63) is 0 Å². The van der Waals surface area contributed by atoms with E-state index in [1.807, 2.05) is 6.26 Å². The predicted molar refractivity (Wildman–Crippen MR) is 58.9 cm³/mol. The molecule has 0 aromatic rings. The summed E-state index contributed by atoms with van der Waals surface area (Å²) in [6.45, 7) is 8.95. The van der Waals surface area contributed by atoms with Crippen molar-refractivity contribution in [3.63, 3.8) is 0 Å². The molecule has 0 radical (unpaired) electrons. The van der Waals surface area contributed by atoms with Gasteiger partial charge in [0.15, 0.2) is 0 Å². The number of likely N-dealkylation sites (tertiary alicyclic amines) is 1. The van der Waals surface area contributed by atoms with Gasteiger partial charge in [0.1, 0.15) is 0 Å². The molecule has 0 aromatic carbocycles. The predicted octanol–water partition coefficient (Wildman–Crippen LogP) is 2.54. The molecule has 1 heterocycles. The quantitative estimate of drug-likeness (QED) is 0.654. The van der Waals surface area contributed by atoms with E-state index in [0.717, 1.165) is 6.61 Å². The molecule has 1 saturated heterocycles. The van der Waals surface area contributed by atoms with Crippen LogP contribution in [-0.4, -0.2) is 35.9 Å². The monoisotopic (exact) mass is 203 g/mol. The second-order valence-corrected chi connectivity index (χ2v) is 5.18. The van der Waals surface area contributed by atoms with Crippen LogP contribution in [0, 0.1) is 0 Å². The van der Waals surface area contributed by atoms with Crippen molar-refractivity contribution >= 4 is 12.0 Å². The highest BCUT2D eigenvalue weighted by atomic mass is 32.2. The fraction of sp³-hybridized carbons (Fsp3) is 1.00. The third-order valence-electron chi connectivity index (χ3n) is 2.62. The van der Waals surface area contributed by atoms with E-state index in [1.165, 1.54) is 31.4 Å². The highest BCUT2D eigenvalue weighted by Gasteiger charge is 2.32. The first-order chi connectivity index (χ1) is 6.05. The Morgan fingerprint density at radius 1 is 1.46 bits per heavy atom. The van der Waals surface area contributed by atoms with Crippen molar-refractivity contribution in [1.29, 1.82) is 0 Å². The van der Waals surface area contributed by atoms with E-state index in [4.69, 9.17) is 4.18 Å². The molecule has 2 nitrogen and oxygen atoms in total. The van der Waals surface area contributed by atoms with Gasteiger partial charge in [0.05, 0.1) is 6.61 Å². The SMILES string of the molecule is CSOCC1CCCN1C(C)(C)C. The minimum Gasteiger partial charge on any atom is -0.314 e. The van der Waals surface area contributed by atoms with Gasteiger partial charge >= 0.3 is 0 Å². The van der Waals surface area contributed by atoms with Crippen molar-refractivity contribution in [2.75, 3.05) is 19.4 Å². The standard InChI is InChI=1S/C10H21NOS/c1-10(2,3)11-7-5-6-9(11)8-12-13-4/h9H,5-8H2,1-4H3. The van der Waals surface area contributed by atoms with E-state index in [-0.39, 0.29) is 0 Å². The molecule has 1 fully saturated rings. The summed E-state index contributed by atoms with van der Waals surface area (Å²) < 4.78 is 5.42. The molecule has 0 spiro atoms. The molecule has 0 saturated carbocycles. The van der Waals surface area contributed by atoms with Crippen LogP contribution in [0.3, 0.4) is 0 Å². The van der Waals surface area contributed by atoms with Crippen LogP contribution in [0.5, 0.6) is 0 Å². The Morgan fingerprint density at radius 2 is 2.15 bits per heavy atom. The molecular weight excluding hydrogens is 182 g/mol. The zero-order valence-corrected chi connectivity index (χ0v) is 9.99. The molecule has 1 unspecified atom stereocenters. The average Bonchev–Trinajstić information content (AvgIpc) is 2.47. The van der Waals surface area contributed by atoms with Gasteiger partial charge in [-0.25, -0.2) is 0 Å². The molecular formula is C10H21NOS.